The number of carbonyl (C=O) groups is 4. The summed E-state index contributed by atoms with van der Waals surface area (Å²) in [4.78, 5) is 47.4. The molecule has 0 aliphatic carbocycles. The second-order valence-corrected chi connectivity index (χ2v) is 7.57. The van der Waals surface area contributed by atoms with Crippen molar-refractivity contribution in [1.29, 1.82) is 0 Å². The number of benzene rings is 1. The molecule has 1 aromatic carbocycles. The van der Waals surface area contributed by atoms with Crippen LogP contribution in [-0.2, 0) is 9.59 Å². The molecule has 0 radical (unpaired) electrons. The Labute approximate surface area is 164 Å². The molecule has 0 saturated heterocycles. The third kappa shape index (κ3) is 7.38. The van der Waals surface area contributed by atoms with Gasteiger partial charge in [0.25, 0.3) is 11.8 Å². The zero-order valence-corrected chi connectivity index (χ0v) is 16.6. The van der Waals surface area contributed by atoms with Crippen LogP contribution in [0.25, 0.3) is 0 Å². The molecule has 0 heterocycles. The van der Waals surface area contributed by atoms with Gasteiger partial charge in [0.1, 0.15) is 12.1 Å². The van der Waals surface area contributed by atoms with Gasteiger partial charge in [-0.1, -0.05) is 33.8 Å². The van der Waals surface area contributed by atoms with Gasteiger partial charge in [-0.05, 0) is 42.9 Å². The Morgan fingerprint density at radius 2 is 1.14 bits per heavy atom. The predicted octanol–water partition coefficient (Wildman–Crippen LogP) is 2.14. The maximum absolute atomic E-state index is 12.4. The fraction of sp³-hybridized carbons (Fsp3) is 0.500. The Hall–Kier alpha value is -2.90. The molecule has 1 rings (SSSR count). The molecule has 28 heavy (non-hydrogen) atoms. The lowest BCUT2D eigenvalue weighted by Crippen LogP contribution is -2.42. The van der Waals surface area contributed by atoms with Gasteiger partial charge in [0.05, 0.1) is 0 Å². The second kappa shape index (κ2) is 10.4. The van der Waals surface area contributed by atoms with E-state index in [1.165, 1.54) is 24.3 Å². The normalized spacial score (nSPS) is 13.1. The van der Waals surface area contributed by atoms with Gasteiger partial charge in [-0.25, -0.2) is 9.59 Å². The number of hydrogen-bond donors (Lipinski definition) is 4. The van der Waals surface area contributed by atoms with E-state index < -0.39 is 35.8 Å². The highest BCUT2D eigenvalue weighted by molar-refractivity contribution is 6.01. The highest BCUT2D eigenvalue weighted by Crippen LogP contribution is 2.11. The van der Waals surface area contributed by atoms with E-state index in [4.69, 9.17) is 0 Å². The molecule has 0 aliphatic heterocycles. The molecule has 2 amide bonds. The van der Waals surface area contributed by atoms with Gasteiger partial charge in [0.15, 0.2) is 0 Å². The van der Waals surface area contributed by atoms with Crippen molar-refractivity contribution in [1.82, 2.24) is 10.6 Å². The predicted molar refractivity (Wildman–Crippen MR) is 103 cm³/mol. The summed E-state index contributed by atoms with van der Waals surface area (Å²) >= 11 is 0. The minimum absolute atomic E-state index is 0.0763. The van der Waals surface area contributed by atoms with E-state index in [9.17, 15) is 29.4 Å². The third-order valence-corrected chi connectivity index (χ3v) is 4.01. The number of nitrogens with one attached hydrogen (secondary N) is 2. The SMILES string of the molecule is CC(C)CC(NC(=O)c1cccc(C(=O)NC(CC(C)C)C(=O)O)c1)C(=O)O. The van der Waals surface area contributed by atoms with E-state index >= 15 is 0 Å². The number of carbonyl (C=O) groups excluding carboxylic acids is 2. The van der Waals surface area contributed by atoms with Crippen molar-refractivity contribution in [3.05, 3.63) is 35.4 Å². The monoisotopic (exact) mass is 392 g/mol. The Balaban J connectivity index is 2.92. The van der Waals surface area contributed by atoms with Crippen molar-refractivity contribution in [2.45, 2.75) is 52.6 Å². The first-order valence-corrected chi connectivity index (χ1v) is 9.18. The summed E-state index contributed by atoms with van der Waals surface area (Å²) in [5.74, 6) is -3.33. The molecular weight excluding hydrogens is 364 g/mol. The van der Waals surface area contributed by atoms with E-state index in [0.717, 1.165) is 0 Å². The third-order valence-electron chi connectivity index (χ3n) is 4.01. The van der Waals surface area contributed by atoms with Crippen LogP contribution in [0.2, 0.25) is 0 Å². The number of carboxylic acid groups (broad SMARTS) is 2. The number of carboxylic acids is 2. The summed E-state index contributed by atoms with van der Waals surface area (Å²) in [6.45, 7) is 7.40. The molecule has 2 unspecified atom stereocenters. The Kier molecular flexibility index (Phi) is 8.63. The molecule has 4 N–H and O–H groups in total. The molecule has 1 aromatic rings. The number of hydrogen-bond acceptors (Lipinski definition) is 4. The molecule has 0 saturated carbocycles. The summed E-state index contributed by atoms with van der Waals surface area (Å²) in [5, 5.41) is 23.4. The van der Waals surface area contributed by atoms with Crippen LogP contribution in [0, 0.1) is 11.8 Å². The van der Waals surface area contributed by atoms with E-state index in [1.54, 1.807) is 0 Å². The fourth-order valence-corrected chi connectivity index (χ4v) is 2.67. The van der Waals surface area contributed by atoms with Crippen molar-refractivity contribution in [3.8, 4) is 0 Å². The van der Waals surface area contributed by atoms with E-state index in [2.05, 4.69) is 10.6 Å². The zero-order chi connectivity index (χ0) is 21.4. The van der Waals surface area contributed by atoms with Crippen molar-refractivity contribution >= 4 is 23.8 Å². The smallest absolute Gasteiger partial charge is 0.326 e. The average Bonchev–Trinajstić information content (AvgIpc) is 2.59. The van der Waals surface area contributed by atoms with Gasteiger partial charge in [-0.15, -0.1) is 0 Å². The van der Waals surface area contributed by atoms with Crippen LogP contribution in [-0.4, -0.2) is 46.0 Å². The van der Waals surface area contributed by atoms with Crippen LogP contribution in [0.4, 0.5) is 0 Å². The average molecular weight is 392 g/mol. The van der Waals surface area contributed by atoms with Gasteiger partial charge in [0.2, 0.25) is 0 Å². The van der Waals surface area contributed by atoms with Crippen LogP contribution in [0.3, 0.4) is 0 Å². The number of rotatable bonds is 10. The lowest BCUT2D eigenvalue weighted by molar-refractivity contribution is -0.140. The topological polar surface area (TPSA) is 133 Å². The molecule has 8 nitrogen and oxygen atoms in total. The highest BCUT2D eigenvalue weighted by Gasteiger charge is 2.24. The maximum Gasteiger partial charge on any atom is 0.326 e. The highest BCUT2D eigenvalue weighted by atomic mass is 16.4. The first-order valence-electron chi connectivity index (χ1n) is 9.18. The number of aliphatic carboxylic acids is 2. The van der Waals surface area contributed by atoms with Crippen LogP contribution >= 0.6 is 0 Å². The Morgan fingerprint density at radius 3 is 1.43 bits per heavy atom. The molecular formula is C20H28N2O6. The fourth-order valence-electron chi connectivity index (χ4n) is 2.67. The molecule has 0 aliphatic rings. The van der Waals surface area contributed by atoms with Crippen LogP contribution in [0.15, 0.2) is 24.3 Å². The summed E-state index contributed by atoms with van der Waals surface area (Å²) < 4.78 is 0. The molecule has 0 fully saturated rings. The summed E-state index contributed by atoms with van der Waals surface area (Å²) in [6.07, 6.45) is 0.549. The molecule has 0 bridgehead atoms. The molecule has 8 heteroatoms. The van der Waals surface area contributed by atoms with Crippen molar-refractivity contribution < 1.29 is 29.4 Å². The largest absolute Gasteiger partial charge is 0.480 e. The van der Waals surface area contributed by atoms with Gasteiger partial charge < -0.3 is 20.8 Å². The van der Waals surface area contributed by atoms with E-state index in [0.29, 0.717) is 0 Å². The first-order chi connectivity index (χ1) is 13.0. The lowest BCUT2D eigenvalue weighted by Gasteiger charge is -2.18. The van der Waals surface area contributed by atoms with E-state index in [1.807, 2.05) is 27.7 Å². The van der Waals surface area contributed by atoms with Gasteiger partial charge in [-0.2, -0.15) is 0 Å². The summed E-state index contributed by atoms with van der Waals surface area (Å²) in [7, 11) is 0. The minimum atomic E-state index is -1.13. The van der Waals surface area contributed by atoms with Crippen molar-refractivity contribution in [2.75, 3.05) is 0 Å². The minimum Gasteiger partial charge on any atom is -0.480 e. The van der Waals surface area contributed by atoms with E-state index in [-0.39, 0.29) is 35.8 Å². The zero-order valence-electron chi connectivity index (χ0n) is 16.6. The van der Waals surface area contributed by atoms with Gasteiger partial charge in [-0.3, -0.25) is 9.59 Å². The summed E-state index contributed by atoms with van der Waals surface area (Å²) in [6, 6.07) is 3.65. The summed E-state index contributed by atoms with van der Waals surface area (Å²) in [5.41, 5.74) is 0.247. The molecule has 0 aromatic heterocycles. The Morgan fingerprint density at radius 1 is 0.786 bits per heavy atom. The van der Waals surface area contributed by atoms with Crippen LogP contribution in [0.1, 0.15) is 61.3 Å². The second-order valence-electron chi connectivity index (χ2n) is 7.57. The first kappa shape index (κ1) is 23.1. The maximum atomic E-state index is 12.4. The quantitative estimate of drug-likeness (QED) is 0.482. The lowest BCUT2D eigenvalue weighted by atomic mass is 10.0. The van der Waals surface area contributed by atoms with Crippen LogP contribution in [0.5, 0.6) is 0 Å². The molecule has 154 valence electrons. The number of amides is 2. The van der Waals surface area contributed by atoms with Gasteiger partial charge in [0, 0.05) is 11.1 Å². The Bertz CT molecular complexity index is 672. The van der Waals surface area contributed by atoms with Crippen molar-refractivity contribution in [2.24, 2.45) is 11.8 Å². The molecule has 2 atom stereocenters. The van der Waals surface area contributed by atoms with Gasteiger partial charge >= 0.3 is 11.9 Å². The van der Waals surface area contributed by atoms with Crippen LogP contribution < -0.4 is 10.6 Å². The van der Waals surface area contributed by atoms with Crippen molar-refractivity contribution in [3.63, 3.8) is 0 Å². The molecule has 0 spiro atoms. The standard InChI is InChI=1S/C20H28N2O6/c1-11(2)8-15(19(25)26)21-17(23)13-6-5-7-14(10-13)18(24)22-16(20(27)28)9-12(3)4/h5-7,10-12,15-16H,8-9H2,1-4H3,(H,21,23)(H,22,24)(H,25,26)(H,27,28).